The molecule has 0 aliphatic carbocycles. The van der Waals surface area contributed by atoms with Gasteiger partial charge < -0.3 is 9.64 Å². The van der Waals surface area contributed by atoms with Gasteiger partial charge in [0.25, 0.3) is 0 Å². The highest BCUT2D eigenvalue weighted by Crippen LogP contribution is 2.16. The number of carbonyl (C=O) groups excluding carboxylic acids is 1. The fourth-order valence-electron chi connectivity index (χ4n) is 2.52. The molecule has 0 bridgehead atoms. The van der Waals surface area contributed by atoms with E-state index in [2.05, 4.69) is 6.92 Å². The van der Waals surface area contributed by atoms with E-state index in [1.807, 2.05) is 41.1 Å². The van der Waals surface area contributed by atoms with Gasteiger partial charge in [0, 0.05) is 24.7 Å². The number of ether oxygens (including phenoxy) is 1. The summed E-state index contributed by atoms with van der Waals surface area (Å²) in [5.41, 5.74) is 0. The Labute approximate surface area is 138 Å². The second kappa shape index (κ2) is 8.39. The molecular formula is C17H25ClN2O2. The molecule has 0 radical (unpaired) electrons. The van der Waals surface area contributed by atoms with Gasteiger partial charge in [-0.15, -0.1) is 0 Å². The second-order valence-electron chi connectivity index (χ2n) is 6.10. The van der Waals surface area contributed by atoms with E-state index in [0.717, 1.165) is 44.1 Å². The van der Waals surface area contributed by atoms with Crippen molar-refractivity contribution < 1.29 is 9.53 Å². The first-order chi connectivity index (χ1) is 10.5. The molecule has 1 aliphatic rings. The number of amides is 1. The third kappa shape index (κ3) is 5.50. The topological polar surface area (TPSA) is 32.8 Å². The number of carbonyl (C=O) groups is 1. The van der Waals surface area contributed by atoms with E-state index in [9.17, 15) is 4.79 Å². The van der Waals surface area contributed by atoms with Crippen LogP contribution in [0.25, 0.3) is 0 Å². The van der Waals surface area contributed by atoms with Gasteiger partial charge in [0.1, 0.15) is 12.4 Å². The standard InChI is InChI=1S/C17H25ClN2O2/c1-14-7-9-20(10-8-14)17(21)13-19(2)11-12-22-16-5-3-15(18)4-6-16/h3-6,14H,7-13H2,1-2H3. The molecule has 1 fully saturated rings. The molecule has 1 aromatic carbocycles. The second-order valence-corrected chi connectivity index (χ2v) is 6.54. The third-order valence-corrected chi connectivity index (χ3v) is 4.35. The number of halogens is 1. The molecule has 1 heterocycles. The van der Waals surface area contributed by atoms with Crippen molar-refractivity contribution in [1.29, 1.82) is 0 Å². The summed E-state index contributed by atoms with van der Waals surface area (Å²) >= 11 is 5.83. The maximum absolute atomic E-state index is 12.2. The van der Waals surface area contributed by atoms with Crippen molar-refractivity contribution in [1.82, 2.24) is 9.80 Å². The fourth-order valence-corrected chi connectivity index (χ4v) is 2.64. The molecule has 122 valence electrons. The van der Waals surface area contributed by atoms with Gasteiger partial charge in [0.2, 0.25) is 5.91 Å². The molecule has 0 atom stereocenters. The molecule has 1 amide bonds. The maximum Gasteiger partial charge on any atom is 0.236 e. The Balaban J connectivity index is 1.65. The van der Waals surface area contributed by atoms with E-state index in [1.54, 1.807) is 0 Å². The van der Waals surface area contributed by atoms with Crippen LogP contribution in [0.15, 0.2) is 24.3 Å². The van der Waals surface area contributed by atoms with Crippen molar-refractivity contribution in [3.05, 3.63) is 29.3 Å². The molecule has 2 rings (SSSR count). The van der Waals surface area contributed by atoms with E-state index < -0.39 is 0 Å². The Morgan fingerprint density at radius 1 is 1.32 bits per heavy atom. The van der Waals surface area contributed by atoms with Gasteiger partial charge in [-0.05, 0) is 50.1 Å². The summed E-state index contributed by atoms with van der Waals surface area (Å²) < 4.78 is 5.65. The minimum Gasteiger partial charge on any atom is -0.492 e. The molecule has 0 aromatic heterocycles. The summed E-state index contributed by atoms with van der Waals surface area (Å²) in [7, 11) is 1.95. The smallest absolute Gasteiger partial charge is 0.236 e. The molecule has 0 N–H and O–H groups in total. The Bertz CT molecular complexity index is 470. The van der Waals surface area contributed by atoms with E-state index in [1.165, 1.54) is 0 Å². The number of benzene rings is 1. The average Bonchev–Trinajstić information content (AvgIpc) is 2.50. The fraction of sp³-hybridized carbons (Fsp3) is 0.588. The van der Waals surface area contributed by atoms with Gasteiger partial charge in [0.15, 0.2) is 0 Å². The van der Waals surface area contributed by atoms with Crippen LogP contribution in [0, 0.1) is 5.92 Å². The Kier molecular flexibility index (Phi) is 6.52. The summed E-state index contributed by atoms with van der Waals surface area (Å²) in [5, 5.41) is 0.700. The molecule has 0 saturated carbocycles. The van der Waals surface area contributed by atoms with Crippen molar-refractivity contribution >= 4 is 17.5 Å². The first-order valence-electron chi connectivity index (χ1n) is 7.89. The Morgan fingerprint density at radius 2 is 1.95 bits per heavy atom. The van der Waals surface area contributed by atoms with Gasteiger partial charge in [-0.1, -0.05) is 18.5 Å². The lowest BCUT2D eigenvalue weighted by molar-refractivity contribution is -0.133. The first-order valence-corrected chi connectivity index (χ1v) is 8.27. The van der Waals surface area contributed by atoms with Gasteiger partial charge >= 0.3 is 0 Å². The van der Waals surface area contributed by atoms with Crippen LogP contribution < -0.4 is 4.74 Å². The highest BCUT2D eigenvalue weighted by Gasteiger charge is 2.20. The highest BCUT2D eigenvalue weighted by molar-refractivity contribution is 6.30. The van der Waals surface area contributed by atoms with Crippen molar-refractivity contribution in [2.24, 2.45) is 5.92 Å². The van der Waals surface area contributed by atoms with Crippen LogP contribution in [0.5, 0.6) is 5.75 Å². The van der Waals surface area contributed by atoms with Gasteiger partial charge in [-0.25, -0.2) is 0 Å². The van der Waals surface area contributed by atoms with Crippen LogP contribution in [0.4, 0.5) is 0 Å². The van der Waals surface area contributed by atoms with Crippen LogP contribution in [-0.2, 0) is 4.79 Å². The van der Waals surface area contributed by atoms with Gasteiger partial charge in [-0.3, -0.25) is 9.69 Å². The van der Waals surface area contributed by atoms with E-state index in [-0.39, 0.29) is 5.91 Å². The maximum atomic E-state index is 12.2. The molecule has 22 heavy (non-hydrogen) atoms. The first kappa shape index (κ1) is 17.1. The molecule has 1 saturated heterocycles. The predicted molar refractivity (Wildman–Crippen MR) is 89.4 cm³/mol. The monoisotopic (exact) mass is 324 g/mol. The number of rotatable bonds is 6. The Hall–Kier alpha value is -1.26. The molecule has 1 aliphatic heterocycles. The molecule has 4 nitrogen and oxygen atoms in total. The summed E-state index contributed by atoms with van der Waals surface area (Å²) in [6.07, 6.45) is 2.24. The molecule has 5 heteroatoms. The SMILES string of the molecule is CC1CCN(C(=O)CN(C)CCOc2ccc(Cl)cc2)CC1. The van der Waals surface area contributed by atoms with Crippen LogP contribution in [0.3, 0.4) is 0 Å². The van der Waals surface area contributed by atoms with E-state index >= 15 is 0 Å². The normalized spacial score (nSPS) is 16.1. The molecule has 0 spiro atoms. The van der Waals surface area contributed by atoms with Crippen molar-refractivity contribution in [3.63, 3.8) is 0 Å². The molecular weight excluding hydrogens is 300 g/mol. The summed E-state index contributed by atoms with van der Waals surface area (Å²) in [6, 6.07) is 7.31. The number of hydrogen-bond acceptors (Lipinski definition) is 3. The van der Waals surface area contributed by atoms with Crippen molar-refractivity contribution in [2.75, 3.05) is 39.8 Å². The zero-order valence-electron chi connectivity index (χ0n) is 13.4. The van der Waals surface area contributed by atoms with Crippen LogP contribution >= 0.6 is 11.6 Å². The quantitative estimate of drug-likeness (QED) is 0.806. The average molecular weight is 325 g/mol. The van der Waals surface area contributed by atoms with E-state index in [4.69, 9.17) is 16.3 Å². The number of hydrogen-bond donors (Lipinski definition) is 0. The number of piperidine rings is 1. The Morgan fingerprint density at radius 3 is 2.59 bits per heavy atom. The number of nitrogens with zero attached hydrogens (tertiary/aromatic N) is 2. The zero-order valence-corrected chi connectivity index (χ0v) is 14.2. The zero-order chi connectivity index (χ0) is 15.9. The van der Waals surface area contributed by atoms with Gasteiger partial charge in [0.05, 0.1) is 6.54 Å². The summed E-state index contributed by atoms with van der Waals surface area (Å²) in [5.74, 6) is 1.77. The highest BCUT2D eigenvalue weighted by atomic mass is 35.5. The minimum atomic E-state index is 0.223. The lowest BCUT2D eigenvalue weighted by Crippen LogP contribution is -2.43. The van der Waals surface area contributed by atoms with Crippen molar-refractivity contribution in [2.45, 2.75) is 19.8 Å². The lowest BCUT2D eigenvalue weighted by Gasteiger charge is -2.31. The molecule has 1 aromatic rings. The van der Waals surface area contributed by atoms with Crippen LogP contribution in [0.2, 0.25) is 5.02 Å². The van der Waals surface area contributed by atoms with Crippen molar-refractivity contribution in [3.8, 4) is 5.75 Å². The lowest BCUT2D eigenvalue weighted by atomic mass is 9.99. The minimum absolute atomic E-state index is 0.223. The predicted octanol–water partition coefficient (Wildman–Crippen LogP) is 2.91. The number of likely N-dealkylation sites (N-methyl/N-ethyl adjacent to an activating group) is 1. The molecule has 0 unspecified atom stereocenters. The number of likely N-dealkylation sites (tertiary alicyclic amines) is 1. The summed E-state index contributed by atoms with van der Waals surface area (Å²) in [6.45, 7) is 5.78. The largest absolute Gasteiger partial charge is 0.492 e. The summed E-state index contributed by atoms with van der Waals surface area (Å²) in [4.78, 5) is 16.2. The van der Waals surface area contributed by atoms with Gasteiger partial charge in [-0.2, -0.15) is 0 Å². The third-order valence-electron chi connectivity index (χ3n) is 4.10. The van der Waals surface area contributed by atoms with Crippen LogP contribution in [0.1, 0.15) is 19.8 Å². The van der Waals surface area contributed by atoms with E-state index in [0.29, 0.717) is 18.2 Å². The van der Waals surface area contributed by atoms with Crippen LogP contribution in [-0.4, -0.2) is 55.5 Å².